The summed E-state index contributed by atoms with van der Waals surface area (Å²) in [5, 5.41) is 12.7. The largest absolute Gasteiger partial charge is 0.398 e. The van der Waals surface area contributed by atoms with E-state index in [9.17, 15) is 0 Å². The summed E-state index contributed by atoms with van der Waals surface area (Å²) in [6.45, 7) is 15.3. The van der Waals surface area contributed by atoms with Crippen molar-refractivity contribution in [1.82, 2.24) is 0 Å². The fraction of sp³-hybridized carbons (Fsp3) is 0.486. The van der Waals surface area contributed by atoms with Crippen LogP contribution in [0.25, 0.3) is 43.6 Å². The monoisotopic (exact) mass is 1050 g/mol. The van der Waals surface area contributed by atoms with Crippen LogP contribution in [0.4, 0.5) is 22.7 Å². The van der Waals surface area contributed by atoms with Crippen molar-refractivity contribution in [2.75, 3.05) is 35.2 Å². The fourth-order valence-electron chi connectivity index (χ4n) is 12.5. The standard InChI is InChI=1S/C70H94N8/c1-55-51-63(71)59-37-23-27-41-67(59)75(55)47-33-19-13-7-5-11-17-31-45-73-65-53-57(3)77(69-43-29-25-39-61(65)69)49-35-21-14-8-6-12-18-32-46-74-66-54-58(4)78(70-44-30-26-40-62(66)70)50-36-22-16-10-9-15-20-34-48-76-56(2)52-64(72)60-38-24-28-42-68(60)76/h23-30,37-44,51-54,71-72H,5-22,31-36,45-50H2,1-4H3/p+4. The number of nitrogen functional groups attached to an aromatic ring is 2. The molecule has 0 saturated carbocycles. The smallest absolute Gasteiger partial charge is 0.214 e. The van der Waals surface area contributed by atoms with Crippen molar-refractivity contribution in [1.29, 1.82) is 0 Å². The maximum absolute atomic E-state index is 6.31. The summed E-state index contributed by atoms with van der Waals surface area (Å²) >= 11 is 0. The molecular formula is C70H98N8+4. The lowest BCUT2D eigenvalue weighted by molar-refractivity contribution is -0.678. The van der Waals surface area contributed by atoms with E-state index in [1.165, 1.54) is 221 Å². The number of rotatable bonds is 35. The maximum Gasteiger partial charge on any atom is 0.214 e. The topological polar surface area (TPSA) is 91.6 Å². The lowest BCUT2D eigenvalue weighted by Crippen LogP contribution is -2.38. The van der Waals surface area contributed by atoms with Crippen molar-refractivity contribution < 1.29 is 18.3 Å². The maximum atomic E-state index is 6.31. The van der Waals surface area contributed by atoms with E-state index < -0.39 is 0 Å². The Bertz CT molecular complexity index is 3140. The van der Waals surface area contributed by atoms with Gasteiger partial charge in [0, 0.05) is 115 Å². The third-order valence-electron chi connectivity index (χ3n) is 16.9. The second-order valence-electron chi connectivity index (χ2n) is 22.9. The Hall–Kier alpha value is -6.28. The number of fused-ring (bicyclic) bond motifs is 4. The Morgan fingerprint density at radius 2 is 0.513 bits per heavy atom. The number of nitrogens with two attached hydrogens (primary N) is 2. The number of nitrogens with zero attached hydrogens (tertiary/aromatic N) is 4. The van der Waals surface area contributed by atoms with Crippen molar-refractivity contribution >= 4 is 66.4 Å². The highest BCUT2D eigenvalue weighted by Gasteiger charge is 2.20. The predicted molar refractivity (Wildman–Crippen MR) is 332 cm³/mol. The highest BCUT2D eigenvalue weighted by atomic mass is 15.0. The third kappa shape index (κ3) is 16.2. The number of para-hydroxylation sites is 4. The summed E-state index contributed by atoms with van der Waals surface area (Å²) in [6, 6.07) is 44.1. The number of benzene rings is 4. The molecule has 0 radical (unpaired) electrons. The molecule has 0 atom stereocenters. The van der Waals surface area contributed by atoms with Gasteiger partial charge in [-0.1, -0.05) is 138 Å². The van der Waals surface area contributed by atoms with Crippen molar-refractivity contribution in [3.05, 3.63) is 144 Å². The van der Waals surface area contributed by atoms with Gasteiger partial charge in [-0.05, 0) is 62.8 Å². The number of nitrogens with one attached hydrogen (secondary N) is 2. The van der Waals surface area contributed by atoms with Gasteiger partial charge in [-0.15, -0.1) is 0 Å². The van der Waals surface area contributed by atoms with E-state index in [0.717, 1.165) is 61.4 Å². The van der Waals surface area contributed by atoms with Gasteiger partial charge in [0.2, 0.25) is 22.1 Å². The molecule has 0 fully saturated rings. The van der Waals surface area contributed by atoms with Crippen LogP contribution in [-0.4, -0.2) is 13.1 Å². The van der Waals surface area contributed by atoms with Crippen LogP contribution < -0.4 is 40.4 Å². The van der Waals surface area contributed by atoms with Gasteiger partial charge < -0.3 is 22.1 Å². The van der Waals surface area contributed by atoms with E-state index >= 15 is 0 Å². The van der Waals surface area contributed by atoms with Crippen molar-refractivity contribution in [3.8, 4) is 0 Å². The number of aromatic nitrogens is 4. The summed E-state index contributed by atoms with van der Waals surface area (Å²) in [4.78, 5) is 0. The quantitative estimate of drug-likeness (QED) is 0.0235. The fourth-order valence-corrected chi connectivity index (χ4v) is 12.5. The minimum absolute atomic E-state index is 0.880. The number of pyridine rings is 4. The molecule has 4 aromatic heterocycles. The van der Waals surface area contributed by atoms with Crippen LogP contribution in [0.5, 0.6) is 0 Å². The summed E-state index contributed by atoms with van der Waals surface area (Å²) in [7, 11) is 0. The first kappa shape index (κ1) is 57.9. The molecule has 0 aliphatic carbocycles. The molecule has 8 nitrogen and oxygen atoms in total. The van der Waals surface area contributed by atoms with E-state index in [1.54, 1.807) is 0 Å². The predicted octanol–water partition coefficient (Wildman–Crippen LogP) is 16.1. The van der Waals surface area contributed by atoms with Gasteiger partial charge in [-0.25, -0.2) is 0 Å². The van der Waals surface area contributed by atoms with Crippen LogP contribution in [0.2, 0.25) is 0 Å². The molecule has 4 aromatic carbocycles. The molecule has 0 saturated heterocycles. The number of hydrogen-bond acceptors (Lipinski definition) is 4. The summed E-state index contributed by atoms with van der Waals surface area (Å²) in [6.07, 6.45) is 31.1. The zero-order valence-electron chi connectivity index (χ0n) is 48.7. The van der Waals surface area contributed by atoms with Gasteiger partial charge in [0.1, 0.15) is 26.2 Å². The Kier molecular flexibility index (Phi) is 22.8. The average molecular weight is 1050 g/mol. The Morgan fingerprint density at radius 1 is 0.282 bits per heavy atom. The van der Waals surface area contributed by atoms with Crippen LogP contribution in [0, 0.1) is 27.7 Å². The van der Waals surface area contributed by atoms with E-state index in [2.05, 4.69) is 178 Å². The van der Waals surface area contributed by atoms with Crippen LogP contribution >= 0.6 is 0 Å². The van der Waals surface area contributed by atoms with E-state index in [-0.39, 0.29) is 0 Å². The molecule has 0 unspecified atom stereocenters. The van der Waals surface area contributed by atoms with Crippen LogP contribution in [0.3, 0.4) is 0 Å². The molecule has 0 amide bonds. The highest BCUT2D eigenvalue weighted by Crippen LogP contribution is 2.26. The second kappa shape index (κ2) is 30.8. The first-order valence-electron chi connectivity index (χ1n) is 31.0. The molecule has 414 valence electrons. The first-order valence-corrected chi connectivity index (χ1v) is 31.0. The van der Waals surface area contributed by atoms with Crippen molar-refractivity contribution in [2.45, 2.75) is 208 Å². The van der Waals surface area contributed by atoms with Gasteiger partial charge in [0.15, 0.2) is 22.8 Å². The Morgan fingerprint density at radius 3 is 0.821 bits per heavy atom. The molecule has 0 aliphatic heterocycles. The molecule has 78 heavy (non-hydrogen) atoms. The SMILES string of the molecule is Cc1cc(N)c2ccccc2[n+]1CCCCCCCCCCNc1cc(C)[n+](CCCCCCCCCCNc2cc(C)[n+](CCCCCCCCCC[n+]3c(C)cc(N)c4ccccc43)c3ccccc23)c2ccccc12. The molecule has 6 N–H and O–H groups in total. The van der Waals surface area contributed by atoms with Crippen LogP contribution in [-0.2, 0) is 26.2 Å². The highest BCUT2D eigenvalue weighted by molar-refractivity contribution is 5.91. The van der Waals surface area contributed by atoms with Crippen molar-refractivity contribution in [3.63, 3.8) is 0 Å². The zero-order valence-corrected chi connectivity index (χ0v) is 48.7. The van der Waals surface area contributed by atoms with E-state index in [1.807, 2.05) is 0 Å². The van der Waals surface area contributed by atoms with Crippen LogP contribution in [0.15, 0.2) is 121 Å². The Labute approximate surface area is 469 Å². The van der Waals surface area contributed by atoms with Crippen LogP contribution in [0.1, 0.15) is 177 Å². The molecule has 0 bridgehead atoms. The number of anilines is 4. The number of unbranched alkanes of at least 4 members (excludes halogenated alkanes) is 21. The Balaban J connectivity index is 0.642. The normalized spacial score (nSPS) is 11.7. The minimum Gasteiger partial charge on any atom is -0.398 e. The number of hydrogen-bond donors (Lipinski definition) is 4. The average Bonchev–Trinajstić information content (AvgIpc) is 3.52. The number of aryl methyl sites for hydroxylation is 8. The lowest BCUT2D eigenvalue weighted by atomic mass is 10.1. The second-order valence-corrected chi connectivity index (χ2v) is 22.9. The first-order chi connectivity index (χ1) is 38.3. The lowest BCUT2D eigenvalue weighted by Gasteiger charge is -2.12. The molecule has 8 heteroatoms. The molecule has 0 spiro atoms. The van der Waals surface area contributed by atoms with Gasteiger partial charge in [-0.3, -0.25) is 0 Å². The van der Waals surface area contributed by atoms with Gasteiger partial charge in [0.25, 0.3) is 0 Å². The van der Waals surface area contributed by atoms with E-state index in [4.69, 9.17) is 11.5 Å². The summed E-state index contributed by atoms with van der Waals surface area (Å²) in [5.74, 6) is 0. The van der Waals surface area contributed by atoms with Gasteiger partial charge in [-0.2, -0.15) is 18.3 Å². The van der Waals surface area contributed by atoms with Gasteiger partial charge >= 0.3 is 0 Å². The van der Waals surface area contributed by atoms with Gasteiger partial charge in [0.05, 0.1) is 44.3 Å². The van der Waals surface area contributed by atoms with E-state index in [0.29, 0.717) is 0 Å². The molecule has 4 heterocycles. The summed E-state index contributed by atoms with van der Waals surface area (Å²) < 4.78 is 9.99. The minimum atomic E-state index is 0.880. The van der Waals surface area contributed by atoms with Crippen molar-refractivity contribution in [2.24, 2.45) is 0 Å². The summed E-state index contributed by atoms with van der Waals surface area (Å²) in [5.41, 5.74) is 27.4. The molecular weight excluding hydrogens is 953 g/mol. The zero-order chi connectivity index (χ0) is 54.3. The molecule has 8 rings (SSSR count). The molecule has 8 aromatic rings. The molecule has 0 aliphatic rings. The third-order valence-corrected chi connectivity index (χ3v) is 16.9.